The zero-order chi connectivity index (χ0) is 20.8. The van der Waals surface area contributed by atoms with E-state index in [-0.39, 0.29) is 24.3 Å². The van der Waals surface area contributed by atoms with Crippen molar-refractivity contribution >= 4 is 17.7 Å². The smallest absolute Gasteiger partial charge is 0.251 e. The van der Waals surface area contributed by atoms with Crippen molar-refractivity contribution in [3.8, 4) is 0 Å². The minimum absolute atomic E-state index is 0.00152. The van der Waals surface area contributed by atoms with Gasteiger partial charge in [-0.3, -0.25) is 19.3 Å². The summed E-state index contributed by atoms with van der Waals surface area (Å²) in [7, 11) is 0. The second-order valence-electron chi connectivity index (χ2n) is 8.08. The number of nitrogens with one attached hydrogen (secondary N) is 1. The summed E-state index contributed by atoms with van der Waals surface area (Å²) in [6.07, 6.45) is 3.41. The van der Waals surface area contributed by atoms with Crippen LogP contribution >= 0.6 is 0 Å². The van der Waals surface area contributed by atoms with E-state index >= 15 is 0 Å². The van der Waals surface area contributed by atoms with Crippen LogP contribution in [0.3, 0.4) is 0 Å². The number of hydrogen-bond donors (Lipinski definition) is 1. The number of amides is 3. The number of rotatable bonds is 5. The van der Waals surface area contributed by atoms with Crippen LogP contribution in [-0.4, -0.2) is 84.8 Å². The van der Waals surface area contributed by atoms with Crippen molar-refractivity contribution in [3.05, 3.63) is 34.9 Å². The van der Waals surface area contributed by atoms with E-state index < -0.39 is 0 Å². The third kappa shape index (κ3) is 5.79. The van der Waals surface area contributed by atoms with E-state index in [1.54, 1.807) is 11.0 Å². The van der Waals surface area contributed by atoms with Crippen molar-refractivity contribution in [1.29, 1.82) is 0 Å². The Hall–Kier alpha value is -2.41. The molecule has 7 heteroatoms. The van der Waals surface area contributed by atoms with Crippen LogP contribution in [0, 0.1) is 13.8 Å². The first-order valence-electron chi connectivity index (χ1n) is 10.6. The van der Waals surface area contributed by atoms with Crippen LogP contribution < -0.4 is 5.32 Å². The van der Waals surface area contributed by atoms with Crippen molar-refractivity contribution in [2.45, 2.75) is 33.1 Å². The molecule has 2 aliphatic heterocycles. The fraction of sp³-hybridized carbons (Fsp3) is 0.591. The fourth-order valence-electron chi connectivity index (χ4n) is 3.84. The summed E-state index contributed by atoms with van der Waals surface area (Å²) >= 11 is 0. The van der Waals surface area contributed by atoms with Gasteiger partial charge in [0.05, 0.1) is 13.1 Å². The first kappa shape index (κ1) is 21.3. The van der Waals surface area contributed by atoms with E-state index in [2.05, 4.69) is 10.2 Å². The molecule has 1 N–H and O–H groups in total. The van der Waals surface area contributed by atoms with Crippen LogP contribution in [0.15, 0.2) is 18.2 Å². The number of aryl methyl sites for hydroxylation is 2. The number of likely N-dealkylation sites (tertiary alicyclic amines) is 1. The molecule has 0 atom stereocenters. The molecule has 29 heavy (non-hydrogen) atoms. The van der Waals surface area contributed by atoms with Crippen LogP contribution in [0.25, 0.3) is 0 Å². The van der Waals surface area contributed by atoms with Crippen molar-refractivity contribution in [3.63, 3.8) is 0 Å². The van der Waals surface area contributed by atoms with Crippen LogP contribution in [0.1, 0.15) is 40.7 Å². The lowest BCUT2D eigenvalue weighted by Gasteiger charge is -2.36. The van der Waals surface area contributed by atoms with Gasteiger partial charge in [-0.05, 0) is 56.4 Å². The standard InChI is InChI=1S/C22H32N4O3/c1-17-6-7-19(14-18(17)2)22(29)23-15-20(27)26-12-10-24(11-13-26)16-21(28)25-8-4-3-5-9-25/h6-7,14H,3-5,8-13,15-16H2,1-2H3,(H,23,29). The molecule has 0 saturated carbocycles. The number of piperidine rings is 1. The lowest BCUT2D eigenvalue weighted by Crippen LogP contribution is -2.53. The SMILES string of the molecule is Cc1ccc(C(=O)NCC(=O)N2CCN(CC(=O)N3CCCCC3)CC2)cc1C. The van der Waals surface area contributed by atoms with Gasteiger partial charge in [0, 0.05) is 44.8 Å². The molecule has 0 aromatic heterocycles. The van der Waals surface area contributed by atoms with Gasteiger partial charge in [-0.25, -0.2) is 0 Å². The molecule has 158 valence electrons. The van der Waals surface area contributed by atoms with E-state index in [4.69, 9.17) is 0 Å². The highest BCUT2D eigenvalue weighted by atomic mass is 16.2. The molecule has 0 radical (unpaired) electrons. The van der Waals surface area contributed by atoms with Crippen LogP contribution in [-0.2, 0) is 9.59 Å². The molecule has 0 unspecified atom stereocenters. The zero-order valence-corrected chi connectivity index (χ0v) is 17.6. The second-order valence-corrected chi connectivity index (χ2v) is 8.08. The molecule has 0 aliphatic carbocycles. The molecule has 0 bridgehead atoms. The number of carbonyl (C=O) groups excluding carboxylic acids is 3. The highest BCUT2D eigenvalue weighted by Crippen LogP contribution is 2.11. The van der Waals surface area contributed by atoms with Crippen molar-refractivity contribution in [2.75, 3.05) is 52.4 Å². The van der Waals surface area contributed by atoms with Gasteiger partial charge in [0.1, 0.15) is 0 Å². The monoisotopic (exact) mass is 400 g/mol. The molecular weight excluding hydrogens is 368 g/mol. The average Bonchev–Trinajstić information content (AvgIpc) is 2.74. The lowest BCUT2D eigenvalue weighted by molar-refractivity contribution is -0.135. The summed E-state index contributed by atoms with van der Waals surface area (Å²) in [6, 6.07) is 5.53. The van der Waals surface area contributed by atoms with Gasteiger partial charge in [-0.15, -0.1) is 0 Å². The lowest BCUT2D eigenvalue weighted by atomic mass is 10.1. The fourth-order valence-corrected chi connectivity index (χ4v) is 3.84. The Morgan fingerprint density at radius 2 is 1.48 bits per heavy atom. The summed E-state index contributed by atoms with van der Waals surface area (Å²) in [5, 5.41) is 2.72. The molecule has 3 rings (SSSR count). The Morgan fingerprint density at radius 1 is 0.828 bits per heavy atom. The van der Waals surface area contributed by atoms with Crippen molar-refractivity contribution in [1.82, 2.24) is 20.0 Å². The Bertz CT molecular complexity index is 750. The van der Waals surface area contributed by atoms with Gasteiger partial charge in [0.15, 0.2) is 0 Å². The van der Waals surface area contributed by atoms with Gasteiger partial charge in [0.25, 0.3) is 5.91 Å². The third-order valence-corrected chi connectivity index (χ3v) is 5.96. The molecule has 2 saturated heterocycles. The summed E-state index contributed by atoms with van der Waals surface area (Å²) in [4.78, 5) is 43.0. The quantitative estimate of drug-likeness (QED) is 0.806. The summed E-state index contributed by atoms with van der Waals surface area (Å²) in [5.74, 6) is -0.110. The first-order chi connectivity index (χ1) is 13.9. The Morgan fingerprint density at radius 3 is 2.14 bits per heavy atom. The van der Waals surface area contributed by atoms with Gasteiger partial charge >= 0.3 is 0 Å². The van der Waals surface area contributed by atoms with E-state index in [1.165, 1.54) is 6.42 Å². The Balaban J connectivity index is 1.39. The highest BCUT2D eigenvalue weighted by molar-refractivity contribution is 5.96. The Labute approximate surface area is 173 Å². The number of hydrogen-bond acceptors (Lipinski definition) is 4. The van der Waals surface area contributed by atoms with Crippen molar-refractivity contribution < 1.29 is 14.4 Å². The number of benzene rings is 1. The molecule has 7 nitrogen and oxygen atoms in total. The molecular formula is C22H32N4O3. The number of piperazine rings is 1. The predicted octanol–water partition coefficient (Wildman–Crippen LogP) is 1.19. The van der Waals surface area contributed by atoms with Gasteiger partial charge in [-0.2, -0.15) is 0 Å². The van der Waals surface area contributed by atoms with Crippen LogP contribution in [0.2, 0.25) is 0 Å². The molecule has 0 spiro atoms. The minimum Gasteiger partial charge on any atom is -0.343 e. The van der Waals surface area contributed by atoms with Crippen molar-refractivity contribution in [2.24, 2.45) is 0 Å². The maximum Gasteiger partial charge on any atom is 0.251 e. The predicted molar refractivity (Wildman–Crippen MR) is 112 cm³/mol. The summed E-state index contributed by atoms with van der Waals surface area (Å²) < 4.78 is 0. The first-order valence-corrected chi connectivity index (χ1v) is 10.6. The van der Waals surface area contributed by atoms with E-state index in [0.717, 1.165) is 37.1 Å². The average molecular weight is 401 g/mol. The van der Waals surface area contributed by atoms with Gasteiger partial charge in [-0.1, -0.05) is 6.07 Å². The minimum atomic E-state index is -0.229. The van der Waals surface area contributed by atoms with Gasteiger partial charge in [0.2, 0.25) is 11.8 Å². The number of nitrogens with zero attached hydrogens (tertiary/aromatic N) is 3. The Kier molecular flexibility index (Phi) is 7.25. The van der Waals surface area contributed by atoms with E-state index in [1.807, 2.05) is 30.9 Å². The largest absolute Gasteiger partial charge is 0.343 e. The normalized spacial score (nSPS) is 17.9. The molecule has 1 aromatic rings. The molecule has 1 aromatic carbocycles. The molecule has 2 aliphatic rings. The molecule has 2 fully saturated rings. The maximum atomic E-state index is 12.4. The second kappa shape index (κ2) is 9.87. The molecule has 2 heterocycles. The maximum absolute atomic E-state index is 12.4. The molecule has 3 amide bonds. The topological polar surface area (TPSA) is 73.0 Å². The van der Waals surface area contributed by atoms with Gasteiger partial charge < -0.3 is 15.1 Å². The van der Waals surface area contributed by atoms with E-state index in [9.17, 15) is 14.4 Å². The third-order valence-electron chi connectivity index (χ3n) is 5.96. The van der Waals surface area contributed by atoms with Crippen LogP contribution in [0.4, 0.5) is 0 Å². The summed E-state index contributed by atoms with van der Waals surface area (Å²) in [5.41, 5.74) is 2.76. The highest BCUT2D eigenvalue weighted by Gasteiger charge is 2.25. The zero-order valence-electron chi connectivity index (χ0n) is 17.6. The summed E-state index contributed by atoms with van der Waals surface area (Å²) in [6.45, 7) is 8.70. The number of carbonyl (C=O) groups is 3. The van der Waals surface area contributed by atoms with E-state index in [0.29, 0.717) is 38.3 Å². The van der Waals surface area contributed by atoms with Crippen LogP contribution in [0.5, 0.6) is 0 Å².